The third-order valence-corrected chi connectivity index (χ3v) is 3.03. The van der Waals surface area contributed by atoms with Crippen molar-refractivity contribution in [3.8, 4) is 0 Å². The Morgan fingerprint density at radius 3 is 3.00 bits per heavy atom. The molecule has 1 aromatic rings. The first-order chi connectivity index (χ1) is 8.13. The van der Waals surface area contributed by atoms with Gasteiger partial charge in [0.25, 0.3) is 0 Å². The summed E-state index contributed by atoms with van der Waals surface area (Å²) >= 11 is 1.05. The predicted molar refractivity (Wildman–Crippen MR) is 66.6 cm³/mol. The number of hydrogen-bond donors (Lipinski definition) is 1. The summed E-state index contributed by atoms with van der Waals surface area (Å²) in [5.74, 6) is 0. The Kier molecular flexibility index (Phi) is 5.81. The Morgan fingerprint density at radius 2 is 2.41 bits per heavy atom. The number of thiazole rings is 1. The van der Waals surface area contributed by atoms with E-state index >= 15 is 0 Å². The van der Waals surface area contributed by atoms with Gasteiger partial charge in [0.1, 0.15) is 6.20 Å². The van der Waals surface area contributed by atoms with Crippen LogP contribution in [0.4, 0.5) is 10.1 Å². The Morgan fingerprint density at radius 1 is 1.65 bits per heavy atom. The molecule has 0 radical (unpaired) electrons. The van der Waals surface area contributed by atoms with E-state index in [0.29, 0.717) is 18.3 Å². The van der Waals surface area contributed by atoms with Gasteiger partial charge in [0.2, 0.25) is 0 Å². The van der Waals surface area contributed by atoms with Crippen molar-refractivity contribution in [3.05, 3.63) is 16.3 Å². The van der Waals surface area contributed by atoms with Gasteiger partial charge in [-0.05, 0) is 18.4 Å². The first-order valence-electron chi connectivity index (χ1n) is 5.15. The topological polar surface area (TPSA) is 80.5 Å². The fraction of sp³-hybridized carbons (Fsp3) is 0.667. The highest BCUT2D eigenvalue weighted by molar-refractivity contribution is 7.18. The van der Waals surface area contributed by atoms with Gasteiger partial charge in [-0.25, -0.2) is 4.98 Å². The number of aromatic nitrogens is 1. The van der Waals surface area contributed by atoms with E-state index in [9.17, 15) is 10.1 Å². The molecular formula is C9H16N4O3S. The molecule has 8 heteroatoms. The van der Waals surface area contributed by atoms with Crippen LogP contribution < -0.4 is 5.32 Å². The molecule has 7 nitrogen and oxygen atoms in total. The molecule has 1 aromatic heterocycles. The monoisotopic (exact) mass is 260 g/mol. The van der Waals surface area contributed by atoms with E-state index in [-0.39, 0.29) is 5.00 Å². The average molecular weight is 260 g/mol. The lowest BCUT2D eigenvalue weighted by atomic mass is 10.5. The number of nitrogens with zero attached hydrogens (tertiary/aromatic N) is 3. The number of rotatable bonds is 8. The molecular weight excluding hydrogens is 244 g/mol. The van der Waals surface area contributed by atoms with Crippen LogP contribution in [0.25, 0.3) is 0 Å². The molecule has 0 aliphatic rings. The molecule has 96 valence electrons. The van der Waals surface area contributed by atoms with Gasteiger partial charge in [-0.3, -0.25) is 10.1 Å². The van der Waals surface area contributed by atoms with E-state index in [1.165, 1.54) is 6.20 Å². The number of nitrogens with one attached hydrogen (secondary N) is 1. The van der Waals surface area contributed by atoms with E-state index in [2.05, 4.69) is 15.2 Å². The molecule has 0 aromatic carbocycles. The minimum absolute atomic E-state index is 0.0558. The molecule has 0 bridgehead atoms. The number of hydrogen-bond acceptors (Lipinski definition) is 7. The van der Waals surface area contributed by atoms with E-state index in [0.717, 1.165) is 24.4 Å². The summed E-state index contributed by atoms with van der Waals surface area (Å²) < 4.78 is 4.96. The van der Waals surface area contributed by atoms with Gasteiger partial charge in [-0.15, -0.1) is 0 Å². The Balaban J connectivity index is 2.23. The van der Waals surface area contributed by atoms with Crippen molar-refractivity contribution < 1.29 is 9.66 Å². The largest absolute Gasteiger partial charge is 0.383 e. The van der Waals surface area contributed by atoms with E-state index in [1.54, 1.807) is 7.11 Å². The second-order valence-corrected chi connectivity index (χ2v) is 4.49. The first-order valence-corrected chi connectivity index (χ1v) is 5.96. The summed E-state index contributed by atoms with van der Waals surface area (Å²) in [4.78, 5) is 16.0. The van der Waals surface area contributed by atoms with Gasteiger partial charge in [-0.2, -0.15) is 0 Å². The molecule has 0 atom stereocenters. The van der Waals surface area contributed by atoms with Crippen LogP contribution >= 0.6 is 11.3 Å². The lowest BCUT2D eigenvalue weighted by Crippen LogP contribution is -2.28. The first kappa shape index (κ1) is 13.8. The quantitative estimate of drug-likeness (QED) is 0.555. The SMILES string of the molecule is COCCN(C)CCNc1ncc([N+](=O)[O-])s1. The molecule has 1 heterocycles. The van der Waals surface area contributed by atoms with Gasteiger partial charge in [0.05, 0.1) is 11.5 Å². The van der Waals surface area contributed by atoms with Crippen LogP contribution in [0.1, 0.15) is 0 Å². The summed E-state index contributed by atoms with van der Waals surface area (Å²) in [6, 6.07) is 0. The standard InChI is InChI=1S/C9H16N4O3S/c1-12(5-6-16-2)4-3-10-9-11-7-8(17-9)13(14)15/h7H,3-6H2,1-2H3,(H,10,11). The van der Waals surface area contributed by atoms with Crippen LogP contribution in [0.5, 0.6) is 0 Å². The van der Waals surface area contributed by atoms with Crippen molar-refractivity contribution in [2.75, 3.05) is 45.7 Å². The molecule has 0 fully saturated rings. The van der Waals surface area contributed by atoms with E-state index in [4.69, 9.17) is 4.74 Å². The van der Waals surface area contributed by atoms with E-state index in [1.807, 2.05) is 7.05 Å². The summed E-state index contributed by atoms with van der Waals surface area (Å²) in [6.45, 7) is 3.08. The van der Waals surface area contributed by atoms with E-state index < -0.39 is 4.92 Å². The van der Waals surface area contributed by atoms with Crippen molar-refractivity contribution >= 4 is 21.5 Å². The molecule has 0 saturated heterocycles. The molecule has 0 unspecified atom stereocenters. The number of methoxy groups -OCH3 is 1. The maximum atomic E-state index is 10.4. The second kappa shape index (κ2) is 7.15. The van der Waals surface area contributed by atoms with Crippen LogP contribution in [0.3, 0.4) is 0 Å². The second-order valence-electron chi connectivity index (χ2n) is 3.48. The fourth-order valence-corrected chi connectivity index (χ4v) is 1.80. The molecule has 1 rings (SSSR count). The van der Waals surface area contributed by atoms with Crippen molar-refractivity contribution in [2.45, 2.75) is 0 Å². The summed E-state index contributed by atoms with van der Waals surface area (Å²) in [5.41, 5.74) is 0. The van der Waals surface area contributed by atoms with Crippen LogP contribution in [0, 0.1) is 10.1 Å². The predicted octanol–water partition coefficient (Wildman–Crippen LogP) is 1.04. The maximum Gasteiger partial charge on any atom is 0.345 e. The molecule has 0 aliphatic carbocycles. The maximum absolute atomic E-state index is 10.4. The van der Waals surface area contributed by atoms with Crippen molar-refractivity contribution in [1.82, 2.24) is 9.88 Å². The van der Waals surface area contributed by atoms with Crippen LogP contribution in [0.15, 0.2) is 6.20 Å². The highest BCUT2D eigenvalue weighted by atomic mass is 32.1. The molecule has 0 amide bonds. The van der Waals surface area contributed by atoms with Crippen molar-refractivity contribution in [1.29, 1.82) is 0 Å². The van der Waals surface area contributed by atoms with Crippen LogP contribution in [-0.4, -0.2) is 55.2 Å². The molecule has 17 heavy (non-hydrogen) atoms. The van der Waals surface area contributed by atoms with Gasteiger partial charge >= 0.3 is 5.00 Å². The Labute approximate surface area is 104 Å². The molecule has 0 saturated carbocycles. The fourth-order valence-electron chi connectivity index (χ4n) is 1.14. The average Bonchev–Trinajstić information content (AvgIpc) is 2.75. The zero-order chi connectivity index (χ0) is 12.7. The Hall–Kier alpha value is -1.25. The number of nitro groups is 1. The highest BCUT2D eigenvalue weighted by Crippen LogP contribution is 2.24. The van der Waals surface area contributed by atoms with Gasteiger partial charge in [0, 0.05) is 26.7 Å². The zero-order valence-corrected chi connectivity index (χ0v) is 10.7. The van der Waals surface area contributed by atoms with Crippen molar-refractivity contribution in [2.24, 2.45) is 0 Å². The van der Waals surface area contributed by atoms with Gasteiger partial charge in [0.15, 0.2) is 5.13 Å². The highest BCUT2D eigenvalue weighted by Gasteiger charge is 2.10. The third-order valence-electron chi connectivity index (χ3n) is 2.12. The third kappa shape index (κ3) is 5.07. The number of likely N-dealkylation sites (N-methyl/N-ethyl adjacent to an activating group) is 1. The normalized spacial score (nSPS) is 10.8. The van der Waals surface area contributed by atoms with Crippen LogP contribution in [-0.2, 0) is 4.74 Å². The van der Waals surface area contributed by atoms with Crippen molar-refractivity contribution in [3.63, 3.8) is 0 Å². The molecule has 0 spiro atoms. The number of anilines is 1. The minimum atomic E-state index is -0.437. The van der Waals surface area contributed by atoms with Gasteiger partial charge in [-0.1, -0.05) is 0 Å². The zero-order valence-electron chi connectivity index (χ0n) is 9.88. The summed E-state index contributed by atoms with van der Waals surface area (Å²) in [7, 11) is 3.66. The van der Waals surface area contributed by atoms with Gasteiger partial charge < -0.3 is 15.0 Å². The van der Waals surface area contributed by atoms with Crippen LogP contribution in [0.2, 0.25) is 0 Å². The lowest BCUT2D eigenvalue weighted by molar-refractivity contribution is -0.380. The number of ether oxygens (including phenoxy) is 1. The lowest BCUT2D eigenvalue weighted by Gasteiger charge is -2.15. The Bertz CT molecular complexity index is 358. The molecule has 0 aliphatic heterocycles. The summed E-state index contributed by atoms with van der Waals surface area (Å²) in [5, 5.41) is 14.1. The minimum Gasteiger partial charge on any atom is -0.383 e. The molecule has 1 N–H and O–H groups in total. The summed E-state index contributed by atoms with van der Waals surface area (Å²) in [6.07, 6.45) is 1.27. The smallest absolute Gasteiger partial charge is 0.345 e.